The lowest BCUT2D eigenvalue weighted by atomic mass is 9.98. The third-order valence-corrected chi connectivity index (χ3v) is 3.11. The Hall–Kier alpha value is -0.570. The number of carboxylic acid groups (broad SMARTS) is 1. The number of aliphatic carboxylic acids is 1. The smallest absolute Gasteiger partial charge is 0.306 e. The Morgan fingerprint density at radius 1 is 1.57 bits per heavy atom. The average Bonchev–Trinajstić information content (AvgIpc) is 2.30. The fraction of sp³-hybridized carbons (Fsp3) is 0.909. The standard InChI is InChI=1S/C11H21NO2/c1-3-6-12-7-4-5-10(11(13)14)8-9(12)2/h9-10H,3-8H2,1-2H3,(H,13,14). The molecule has 1 aliphatic rings. The van der Waals surface area contributed by atoms with Crippen LogP contribution in [0, 0.1) is 5.92 Å². The van der Waals surface area contributed by atoms with Crippen molar-refractivity contribution in [2.75, 3.05) is 13.1 Å². The van der Waals surface area contributed by atoms with Crippen LogP contribution in [0.1, 0.15) is 39.5 Å². The van der Waals surface area contributed by atoms with Crippen LogP contribution in [0.25, 0.3) is 0 Å². The van der Waals surface area contributed by atoms with E-state index < -0.39 is 5.97 Å². The highest BCUT2D eigenvalue weighted by atomic mass is 16.4. The predicted octanol–water partition coefficient (Wildman–Crippen LogP) is 1.97. The summed E-state index contributed by atoms with van der Waals surface area (Å²) < 4.78 is 0. The molecular weight excluding hydrogens is 178 g/mol. The molecule has 0 aromatic carbocycles. The van der Waals surface area contributed by atoms with Gasteiger partial charge in [-0.3, -0.25) is 4.79 Å². The third-order valence-electron chi connectivity index (χ3n) is 3.11. The van der Waals surface area contributed by atoms with E-state index in [1.165, 1.54) is 0 Å². The Morgan fingerprint density at radius 3 is 2.86 bits per heavy atom. The van der Waals surface area contributed by atoms with E-state index in [0.717, 1.165) is 38.8 Å². The van der Waals surface area contributed by atoms with E-state index in [1.54, 1.807) is 0 Å². The van der Waals surface area contributed by atoms with Crippen LogP contribution in [0.4, 0.5) is 0 Å². The van der Waals surface area contributed by atoms with Crippen LogP contribution >= 0.6 is 0 Å². The van der Waals surface area contributed by atoms with Crippen LogP contribution in [-0.2, 0) is 4.79 Å². The Bertz CT molecular complexity index is 194. The summed E-state index contributed by atoms with van der Waals surface area (Å²) in [4.78, 5) is 13.3. The van der Waals surface area contributed by atoms with Crippen LogP contribution in [0.15, 0.2) is 0 Å². The molecule has 0 aromatic rings. The molecule has 0 saturated carbocycles. The number of hydrogen-bond acceptors (Lipinski definition) is 2. The number of carboxylic acids is 1. The molecule has 1 rings (SSSR count). The summed E-state index contributed by atoms with van der Waals surface area (Å²) in [6, 6.07) is 0.429. The van der Waals surface area contributed by atoms with Gasteiger partial charge in [-0.2, -0.15) is 0 Å². The number of rotatable bonds is 3. The monoisotopic (exact) mass is 199 g/mol. The van der Waals surface area contributed by atoms with Gasteiger partial charge >= 0.3 is 5.97 Å². The van der Waals surface area contributed by atoms with Crippen molar-refractivity contribution in [1.82, 2.24) is 4.90 Å². The topological polar surface area (TPSA) is 40.5 Å². The first-order chi connectivity index (χ1) is 6.65. The summed E-state index contributed by atoms with van der Waals surface area (Å²) in [5.74, 6) is -0.734. The molecule has 1 heterocycles. The second-order valence-electron chi connectivity index (χ2n) is 4.30. The van der Waals surface area contributed by atoms with Crippen LogP contribution in [0.3, 0.4) is 0 Å². The van der Waals surface area contributed by atoms with E-state index >= 15 is 0 Å². The molecule has 0 spiro atoms. The Morgan fingerprint density at radius 2 is 2.29 bits per heavy atom. The molecule has 14 heavy (non-hydrogen) atoms. The molecule has 2 unspecified atom stereocenters. The Labute approximate surface area is 86.1 Å². The third kappa shape index (κ3) is 2.98. The molecule has 82 valence electrons. The second-order valence-corrected chi connectivity index (χ2v) is 4.30. The average molecular weight is 199 g/mol. The number of carbonyl (C=O) groups is 1. The second kappa shape index (κ2) is 5.35. The van der Waals surface area contributed by atoms with Crippen molar-refractivity contribution in [3.8, 4) is 0 Å². The molecule has 1 aliphatic heterocycles. The van der Waals surface area contributed by atoms with Crippen molar-refractivity contribution >= 4 is 5.97 Å². The minimum Gasteiger partial charge on any atom is -0.481 e. The first-order valence-corrected chi connectivity index (χ1v) is 5.62. The molecule has 0 bridgehead atoms. The van der Waals surface area contributed by atoms with Gasteiger partial charge in [0.2, 0.25) is 0 Å². The van der Waals surface area contributed by atoms with Gasteiger partial charge in [-0.25, -0.2) is 0 Å². The zero-order valence-corrected chi connectivity index (χ0v) is 9.20. The summed E-state index contributed by atoms with van der Waals surface area (Å²) in [6.45, 7) is 6.50. The van der Waals surface area contributed by atoms with Crippen LogP contribution in [0.5, 0.6) is 0 Å². The van der Waals surface area contributed by atoms with E-state index in [1.807, 2.05) is 0 Å². The Kier molecular flexibility index (Phi) is 4.39. The zero-order chi connectivity index (χ0) is 10.6. The van der Waals surface area contributed by atoms with Gasteiger partial charge in [-0.05, 0) is 45.7 Å². The quantitative estimate of drug-likeness (QED) is 0.755. The molecule has 1 saturated heterocycles. The maximum Gasteiger partial charge on any atom is 0.306 e. The molecule has 3 nitrogen and oxygen atoms in total. The fourth-order valence-electron chi connectivity index (χ4n) is 2.28. The summed E-state index contributed by atoms with van der Waals surface area (Å²) in [5.41, 5.74) is 0. The minimum atomic E-state index is -0.616. The highest BCUT2D eigenvalue weighted by Gasteiger charge is 2.26. The van der Waals surface area contributed by atoms with Crippen molar-refractivity contribution in [2.24, 2.45) is 5.92 Å². The van der Waals surface area contributed by atoms with Crippen molar-refractivity contribution in [1.29, 1.82) is 0 Å². The molecule has 0 aromatic heterocycles. The Balaban J connectivity index is 2.51. The fourth-order valence-corrected chi connectivity index (χ4v) is 2.28. The lowest BCUT2D eigenvalue weighted by Crippen LogP contribution is -2.34. The molecule has 0 amide bonds. The molecule has 0 radical (unpaired) electrons. The highest BCUT2D eigenvalue weighted by molar-refractivity contribution is 5.70. The summed E-state index contributed by atoms with van der Waals surface area (Å²) in [6.07, 6.45) is 3.85. The van der Waals surface area contributed by atoms with Crippen LogP contribution in [0.2, 0.25) is 0 Å². The zero-order valence-electron chi connectivity index (χ0n) is 9.20. The van der Waals surface area contributed by atoms with Crippen molar-refractivity contribution in [3.05, 3.63) is 0 Å². The van der Waals surface area contributed by atoms with Gasteiger partial charge in [0.05, 0.1) is 5.92 Å². The maximum absolute atomic E-state index is 10.9. The molecular formula is C11H21NO2. The number of nitrogens with zero attached hydrogens (tertiary/aromatic N) is 1. The van der Waals surface area contributed by atoms with Gasteiger partial charge in [0, 0.05) is 6.04 Å². The van der Waals surface area contributed by atoms with Gasteiger partial charge in [0.25, 0.3) is 0 Å². The first-order valence-electron chi connectivity index (χ1n) is 5.62. The van der Waals surface area contributed by atoms with Crippen molar-refractivity contribution in [2.45, 2.75) is 45.6 Å². The van der Waals surface area contributed by atoms with Crippen molar-refractivity contribution < 1.29 is 9.90 Å². The van der Waals surface area contributed by atoms with Crippen LogP contribution in [-0.4, -0.2) is 35.1 Å². The van der Waals surface area contributed by atoms with Gasteiger partial charge in [0.1, 0.15) is 0 Å². The van der Waals surface area contributed by atoms with E-state index in [9.17, 15) is 4.79 Å². The molecule has 2 atom stereocenters. The predicted molar refractivity (Wildman–Crippen MR) is 56.3 cm³/mol. The largest absolute Gasteiger partial charge is 0.481 e. The summed E-state index contributed by atoms with van der Waals surface area (Å²) in [7, 11) is 0. The normalized spacial score (nSPS) is 29.9. The lowest BCUT2D eigenvalue weighted by Gasteiger charge is -2.26. The van der Waals surface area contributed by atoms with Crippen molar-refractivity contribution in [3.63, 3.8) is 0 Å². The van der Waals surface area contributed by atoms with Gasteiger partial charge in [-0.15, -0.1) is 0 Å². The minimum absolute atomic E-state index is 0.119. The van der Waals surface area contributed by atoms with Gasteiger partial charge in [0.15, 0.2) is 0 Å². The molecule has 3 heteroatoms. The molecule has 0 aliphatic carbocycles. The molecule has 1 N–H and O–H groups in total. The maximum atomic E-state index is 10.9. The SMILES string of the molecule is CCCN1CCCC(C(=O)O)CC1C. The first kappa shape index (κ1) is 11.5. The van der Waals surface area contributed by atoms with E-state index in [-0.39, 0.29) is 5.92 Å². The molecule has 1 fully saturated rings. The van der Waals surface area contributed by atoms with Gasteiger partial charge in [-0.1, -0.05) is 6.92 Å². The van der Waals surface area contributed by atoms with Crippen LogP contribution < -0.4 is 0 Å². The van der Waals surface area contributed by atoms with Gasteiger partial charge < -0.3 is 10.0 Å². The van der Waals surface area contributed by atoms with E-state index in [0.29, 0.717) is 6.04 Å². The lowest BCUT2D eigenvalue weighted by molar-refractivity contribution is -0.142. The number of likely N-dealkylation sites (tertiary alicyclic amines) is 1. The van der Waals surface area contributed by atoms with E-state index in [2.05, 4.69) is 18.7 Å². The van der Waals surface area contributed by atoms with E-state index in [4.69, 9.17) is 5.11 Å². The summed E-state index contributed by atoms with van der Waals surface area (Å²) in [5, 5.41) is 8.98. The number of hydrogen-bond donors (Lipinski definition) is 1. The highest BCUT2D eigenvalue weighted by Crippen LogP contribution is 2.22. The summed E-state index contributed by atoms with van der Waals surface area (Å²) >= 11 is 0.